The Hall–Kier alpha value is -2.43. The highest BCUT2D eigenvalue weighted by Gasteiger charge is 2.04. The minimum Gasteiger partial charge on any atom is -0.374 e. The van der Waals surface area contributed by atoms with Crippen molar-refractivity contribution in [2.45, 2.75) is 26.0 Å². The highest BCUT2D eigenvalue weighted by atomic mass is 16.5. The van der Waals surface area contributed by atoms with E-state index in [1.165, 1.54) is 11.1 Å². The van der Waals surface area contributed by atoms with Crippen LogP contribution in [0.5, 0.6) is 0 Å². The van der Waals surface area contributed by atoms with E-state index in [9.17, 15) is 0 Å². The zero-order chi connectivity index (χ0) is 17.3. The molecule has 0 aliphatic heterocycles. The van der Waals surface area contributed by atoms with Crippen LogP contribution in [0.4, 0.5) is 0 Å². The molecule has 25 heavy (non-hydrogen) atoms. The molecule has 0 radical (unpaired) electrons. The predicted molar refractivity (Wildman–Crippen MR) is 101 cm³/mol. The average molecular weight is 335 g/mol. The van der Waals surface area contributed by atoms with E-state index in [1.54, 1.807) is 6.20 Å². The third kappa shape index (κ3) is 5.28. The standard InChI is InChI=1S/C21H25N3O/c1-18(20-6-3-2-4-7-20)25-15-5-12-22-16-19-8-10-21(11-9-19)24-14-13-23-17-24/h2-4,6-11,13-14,17-18,22H,5,12,15-16H2,1H3. The van der Waals surface area contributed by atoms with Gasteiger partial charge in [-0.15, -0.1) is 0 Å². The Bertz CT molecular complexity index is 724. The molecule has 1 N–H and O–H groups in total. The van der Waals surface area contributed by atoms with Crippen LogP contribution in [0.25, 0.3) is 5.69 Å². The average Bonchev–Trinajstić information content (AvgIpc) is 3.20. The van der Waals surface area contributed by atoms with Gasteiger partial charge in [-0.2, -0.15) is 0 Å². The number of imidazole rings is 1. The topological polar surface area (TPSA) is 39.1 Å². The van der Waals surface area contributed by atoms with Gasteiger partial charge in [0.25, 0.3) is 0 Å². The first kappa shape index (κ1) is 17.4. The van der Waals surface area contributed by atoms with Gasteiger partial charge < -0.3 is 14.6 Å². The van der Waals surface area contributed by atoms with Crippen molar-refractivity contribution < 1.29 is 4.74 Å². The normalized spacial score (nSPS) is 12.2. The van der Waals surface area contributed by atoms with Gasteiger partial charge in [-0.05, 0) is 43.1 Å². The second kappa shape index (κ2) is 9.16. The molecule has 1 heterocycles. The Labute approximate surface area is 149 Å². The van der Waals surface area contributed by atoms with Gasteiger partial charge in [0.1, 0.15) is 0 Å². The highest BCUT2D eigenvalue weighted by Crippen LogP contribution is 2.15. The zero-order valence-electron chi connectivity index (χ0n) is 14.6. The summed E-state index contributed by atoms with van der Waals surface area (Å²) in [5.41, 5.74) is 3.64. The van der Waals surface area contributed by atoms with Crippen molar-refractivity contribution in [3.05, 3.63) is 84.4 Å². The first-order chi connectivity index (χ1) is 12.3. The number of nitrogens with one attached hydrogen (secondary N) is 1. The number of hydrogen-bond acceptors (Lipinski definition) is 3. The number of aromatic nitrogens is 2. The van der Waals surface area contributed by atoms with Gasteiger partial charge in [0, 0.05) is 31.2 Å². The first-order valence-corrected chi connectivity index (χ1v) is 8.77. The summed E-state index contributed by atoms with van der Waals surface area (Å²) in [6.07, 6.45) is 6.70. The van der Waals surface area contributed by atoms with Crippen LogP contribution in [-0.2, 0) is 11.3 Å². The van der Waals surface area contributed by atoms with E-state index in [0.29, 0.717) is 0 Å². The number of benzene rings is 2. The van der Waals surface area contributed by atoms with Crippen molar-refractivity contribution in [2.24, 2.45) is 0 Å². The van der Waals surface area contributed by atoms with Crippen LogP contribution in [0.3, 0.4) is 0 Å². The van der Waals surface area contributed by atoms with Crippen molar-refractivity contribution in [3.63, 3.8) is 0 Å². The van der Waals surface area contributed by atoms with E-state index in [-0.39, 0.29) is 6.10 Å². The molecule has 0 aliphatic carbocycles. The van der Waals surface area contributed by atoms with Crippen LogP contribution in [0.1, 0.15) is 30.6 Å². The van der Waals surface area contributed by atoms with Crippen molar-refractivity contribution in [1.82, 2.24) is 14.9 Å². The fraction of sp³-hybridized carbons (Fsp3) is 0.286. The van der Waals surface area contributed by atoms with Gasteiger partial charge in [0.05, 0.1) is 12.4 Å². The maximum atomic E-state index is 5.89. The van der Waals surface area contributed by atoms with E-state index in [1.807, 2.05) is 23.2 Å². The molecule has 2 aromatic carbocycles. The Kier molecular flexibility index (Phi) is 6.37. The van der Waals surface area contributed by atoms with Crippen molar-refractivity contribution in [2.75, 3.05) is 13.2 Å². The van der Waals surface area contributed by atoms with E-state index >= 15 is 0 Å². The van der Waals surface area contributed by atoms with Crippen LogP contribution < -0.4 is 5.32 Å². The number of rotatable bonds is 9. The molecule has 130 valence electrons. The minimum atomic E-state index is 0.150. The van der Waals surface area contributed by atoms with Gasteiger partial charge in [0.2, 0.25) is 0 Å². The molecule has 0 spiro atoms. The number of hydrogen-bond donors (Lipinski definition) is 1. The Balaban J connectivity index is 1.32. The molecule has 4 heteroatoms. The summed E-state index contributed by atoms with van der Waals surface area (Å²) in [4.78, 5) is 4.07. The lowest BCUT2D eigenvalue weighted by atomic mass is 10.1. The molecule has 0 aliphatic rings. The third-order valence-corrected chi connectivity index (χ3v) is 4.20. The maximum Gasteiger partial charge on any atom is 0.0991 e. The summed E-state index contributed by atoms with van der Waals surface area (Å²) in [5.74, 6) is 0. The lowest BCUT2D eigenvalue weighted by Gasteiger charge is -2.13. The van der Waals surface area contributed by atoms with Crippen molar-refractivity contribution in [1.29, 1.82) is 0 Å². The van der Waals surface area contributed by atoms with Crippen molar-refractivity contribution in [3.8, 4) is 5.69 Å². The quantitative estimate of drug-likeness (QED) is 0.598. The SMILES string of the molecule is CC(OCCCNCc1ccc(-n2ccnc2)cc1)c1ccccc1. The lowest BCUT2D eigenvalue weighted by Crippen LogP contribution is -2.16. The largest absolute Gasteiger partial charge is 0.374 e. The van der Waals surface area contributed by atoms with E-state index < -0.39 is 0 Å². The molecule has 0 saturated heterocycles. The predicted octanol–water partition coefficient (Wildman–Crippen LogP) is 4.13. The van der Waals surface area contributed by atoms with Crippen LogP contribution in [0.2, 0.25) is 0 Å². The maximum absolute atomic E-state index is 5.89. The summed E-state index contributed by atoms with van der Waals surface area (Å²) in [6, 6.07) is 18.9. The second-order valence-electron chi connectivity index (χ2n) is 6.09. The smallest absolute Gasteiger partial charge is 0.0991 e. The fourth-order valence-corrected chi connectivity index (χ4v) is 2.71. The zero-order valence-corrected chi connectivity index (χ0v) is 14.6. The van der Waals surface area contributed by atoms with Gasteiger partial charge >= 0.3 is 0 Å². The Morgan fingerprint density at radius 3 is 2.60 bits per heavy atom. The van der Waals surface area contributed by atoms with Gasteiger partial charge in [-0.1, -0.05) is 42.5 Å². The minimum absolute atomic E-state index is 0.150. The molecule has 3 rings (SSSR count). The number of nitrogens with zero attached hydrogens (tertiary/aromatic N) is 2. The van der Waals surface area contributed by atoms with E-state index in [2.05, 4.69) is 65.8 Å². The molecule has 1 aromatic heterocycles. The summed E-state index contributed by atoms with van der Waals surface area (Å²) in [5, 5.41) is 3.47. The molecule has 0 amide bonds. The van der Waals surface area contributed by atoms with Gasteiger partial charge in [0.15, 0.2) is 0 Å². The third-order valence-electron chi connectivity index (χ3n) is 4.20. The molecular weight excluding hydrogens is 310 g/mol. The molecule has 0 saturated carbocycles. The fourth-order valence-electron chi connectivity index (χ4n) is 2.71. The van der Waals surface area contributed by atoms with E-state index in [0.717, 1.165) is 31.8 Å². The Morgan fingerprint density at radius 2 is 1.88 bits per heavy atom. The lowest BCUT2D eigenvalue weighted by molar-refractivity contribution is 0.0640. The molecule has 1 atom stereocenters. The van der Waals surface area contributed by atoms with E-state index in [4.69, 9.17) is 4.74 Å². The second-order valence-corrected chi connectivity index (χ2v) is 6.09. The first-order valence-electron chi connectivity index (χ1n) is 8.77. The molecule has 1 unspecified atom stereocenters. The molecule has 0 fully saturated rings. The molecule has 4 nitrogen and oxygen atoms in total. The van der Waals surface area contributed by atoms with Gasteiger partial charge in [-0.3, -0.25) is 0 Å². The summed E-state index contributed by atoms with van der Waals surface area (Å²) >= 11 is 0. The van der Waals surface area contributed by atoms with Crippen molar-refractivity contribution >= 4 is 0 Å². The molecule has 0 bridgehead atoms. The van der Waals surface area contributed by atoms with Crippen LogP contribution >= 0.6 is 0 Å². The summed E-state index contributed by atoms with van der Waals surface area (Å²) in [7, 11) is 0. The molecular formula is C21H25N3O. The van der Waals surface area contributed by atoms with Crippen LogP contribution in [0, 0.1) is 0 Å². The molecule has 3 aromatic rings. The highest BCUT2D eigenvalue weighted by molar-refractivity contribution is 5.34. The Morgan fingerprint density at radius 1 is 1.08 bits per heavy atom. The van der Waals surface area contributed by atoms with Crippen LogP contribution in [0.15, 0.2) is 73.3 Å². The summed E-state index contributed by atoms with van der Waals surface area (Å²) in [6.45, 7) is 4.69. The monoisotopic (exact) mass is 335 g/mol. The van der Waals surface area contributed by atoms with Crippen LogP contribution in [-0.4, -0.2) is 22.7 Å². The van der Waals surface area contributed by atoms with Gasteiger partial charge in [-0.25, -0.2) is 4.98 Å². The summed E-state index contributed by atoms with van der Waals surface area (Å²) < 4.78 is 7.89. The number of ether oxygens (including phenoxy) is 1.